The number of aromatic nitrogens is 1. The van der Waals surface area contributed by atoms with Gasteiger partial charge in [-0.25, -0.2) is 0 Å². The Balaban J connectivity index is 2.24. The summed E-state index contributed by atoms with van der Waals surface area (Å²) in [5.41, 5.74) is 10.0. The lowest BCUT2D eigenvalue weighted by molar-refractivity contribution is 0.969. The van der Waals surface area contributed by atoms with Gasteiger partial charge in [0.05, 0.1) is 23.5 Å². The number of aliphatic imine (C=N–C) groups is 1. The minimum atomic E-state index is 0.572. The molecule has 0 saturated carbocycles. The minimum Gasteiger partial charge on any atom is -0.329 e. The predicted octanol–water partition coefficient (Wildman–Crippen LogP) is 3.40. The molecule has 0 unspecified atom stereocenters. The summed E-state index contributed by atoms with van der Waals surface area (Å²) >= 11 is 0. The molecule has 0 atom stereocenters. The van der Waals surface area contributed by atoms with Crippen molar-refractivity contribution in [3.8, 4) is 5.69 Å². The summed E-state index contributed by atoms with van der Waals surface area (Å²) in [6.45, 7) is 3.27. The zero-order valence-corrected chi connectivity index (χ0v) is 12.2. The van der Waals surface area contributed by atoms with Crippen LogP contribution in [0.5, 0.6) is 0 Å². The van der Waals surface area contributed by atoms with Crippen LogP contribution in [0.2, 0.25) is 0 Å². The van der Waals surface area contributed by atoms with Gasteiger partial charge in [-0.1, -0.05) is 36.4 Å². The second-order valence-corrected chi connectivity index (χ2v) is 5.02. The van der Waals surface area contributed by atoms with Gasteiger partial charge in [0.2, 0.25) is 0 Å². The zero-order chi connectivity index (χ0) is 14.7. The van der Waals surface area contributed by atoms with E-state index >= 15 is 0 Å². The molecule has 1 heterocycles. The highest BCUT2D eigenvalue weighted by Crippen LogP contribution is 2.24. The molecule has 106 valence electrons. The second-order valence-electron chi connectivity index (χ2n) is 5.02. The first-order valence-electron chi connectivity index (χ1n) is 7.18. The van der Waals surface area contributed by atoms with E-state index < -0.39 is 0 Å². The molecule has 2 aromatic carbocycles. The van der Waals surface area contributed by atoms with Crippen molar-refractivity contribution in [1.82, 2.24) is 4.57 Å². The quantitative estimate of drug-likeness (QED) is 0.730. The Bertz CT molecular complexity index is 770. The van der Waals surface area contributed by atoms with Gasteiger partial charge in [0, 0.05) is 17.6 Å². The molecule has 0 aliphatic heterocycles. The minimum absolute atomic E-state index is 0.572. The lowest BCUT2D eigenvalue weighted by atomic mass is 10.2. The van der Waals surface area contributed by atoms with E-state index in [1.165, 1.54) is 10.9 Å². The Morgan fingerprint density at radius 2 is 1.76 bits per heavy atom. The summed E-state index contributed by atoms with van der Waals surface area (Å²) in [6.07, 6.45) is 0. The molecule has 3 nitrogen and oxygen atoms in total. The normalized spacial score (nSPS) is 12.0. The smallest absolute Gasteiger partial charge is 0.0676 e. The predicted molar refractivity (Wildman–Crippen MR) is 89.4 cm³/mol. The topological polar surface area (TPSA) is 43.3 Å². The van der Waals surface area contributed by atoms with Crippen molar-refractivity contribution < 1.29 is 0 Å². The SMILES string of the molecule is CC(=NCCN)c1cc2ccccc2n1-c1ccccc1. The number of fused-ring (bicyclic) bond motifs is 1. The Hall–Kier alpha value is -2.39. The summed E-state index contributed by atoms with van der Waals surface area (Å²) in [5, 5.41) is 1.22. The summed E-state index contributed by atoms with van der Waals surface area (Å²) < 4.78 is 2.25. The van der Waals surface area contributed by atoms with Crippen LogP contribution >= 0.6 is 0 Å². The average Bonchev–Trinajstić information content (AvgIpc) is 2.93. The third-order valence-corrected chi connectivity index (χ3v) is 3.57. The molecule has 1 aromatic heterocycles. The maximum atomic E-state index is 5.57. The molecule has 3 heteroatoms. The highest BCUT2D eigenvalue weighted by atomic mass is 15.0. The standard InChI is InChI=1S/C18H19N3/c1-14(20-12-11-19)18-13-15-7-5-6-10-17(15)21(18)16-8-3-2-4-9-16/h2-10,13H,11-12,19H2,1H3. The highest BCUT2D eigenvalue weighted by molar-refractivity contribution is 6.03. The fourth-order valence-electron chi connectivity index (χ4n) is 2.59. The zero-order valence-electron chi connectivity index (χ0n) is 12.2. The Morgan fingerprint density at radius 3 is 2.52 bits per heavy atom. The summed E-state index contributed by atoms with van der Waals surface area (Å²) in [6, 6.07) is 21.0. The van der Waals surface area contributed by atoms with Crippen molar-refractivity contribution in [2.24, 2.45) is 10.7 Å². The Labute approximate surface area is 124 Å². The maximum absolute atomic E-state index is 5.57. The molecule has 3 aromatic rings. The molecule has 0 bridgehead atoms. The van der Waals surface area contributed by atoms with Crippen LogP contribution in [0.25, 0.3) is 16.6 Å². The summed E-state index contributed by atoms with van der Waals surface area (Å²) in [7, 11) is 0. The number of hydrogen-bond acceptors (Lipinski definition) is 2. The first-order valence-corrected chi connectivity index (χ1v) is 7.18. The van der Waals surface area contributed by atoms with Gasteiger partial charge in [0.1, 0.15) is 0 Å². The van der Waals surface area contributed by atoms with Crippen molar-refractivity contribution in [1.29, 1.82) is 0 Å². The van der Waals surface area contributed by atoms with Crippen LogP contribution in [0.3, 0.4) is 0 Å². The molecule has 0 amide bonds. The van der Waals surface area contributed by atoms with Crippen LogP contribution < -0.4 is 5.73 Å². The van der Waals surface area contributed by atoms with Crippen LogP contribution in [0.1, 0.15) is 12.6 Å². The van der Waals surface area contributed by atoms with Gasteiger partial charge in [-0.15, -0.1) is 0 Å². The van der Waals surface area contributed by atoms with E-state index in [9.17, 15) is 0 Å². The van der Waals surface area contributed by atoms with Crippen LogP contribution in [-0.4, -0.2) is 23.4 Å². The van der Waals surface area contributed by atoms with E-state index in [0.717, 1.165) is 17.1 Å². The van der Waals surface area contributed by atoms with Gasteiger partial charge in [0.25, 0.3) is 0 Å². The van der Waals surface area contributed by atoms with Crippen LogP contribution in [0, 0.1) is 0 Å². The van der Waals surface area contributed by atoms with Crippen LogP contribution in [0.15, 0.2) is 65.7 Å². The van der Waals surface area contributed by atoms with E-state index in [-0.39, 0.29) is 0 Å². The molecular weight excluding hydrogens is 258 g/mol. The van der Waals surface area contributed by atoms with Gasteiger partial charge in [-0.3, -0.25) is 4.99 Å². The monoisotopic (exact) mass is 277 g/mol. The maximum Gasteiger partial charge on any atom is 0.0676 e. The molecule has 0 spiro atoms. The molecule has 21 heavy (non-hydrogen) atoms. The second kappa shape index (κ2) is 5.94. The lowest BCUT2D eigenvalue weighted by Gasteiger charge is -2.10. The number of nitrogens with zero attached hydrogens (tertiary/aromatic N) is 2. The number of nitrogens with two attached hydrogens (primary N) is 1. The van der Waals surface area contributed by atoms with Crippen molar-refractivity contribution >= 4 is 16.6 Å². The molecule has 0 fully saturated rings. The van der Waals surface area contributed by atoms with E-state index in [1.54, 1.807) is 0 Å². The summed E-state index contributed by atoms with van der Waals surface area (Å²) in [5.74, 6) is 0. The van der Waals surface area contributed by atoms with E-state index in [1.807, 2.05) is 13.0 Å². The summed E-state index contributed by atoms with van der Waals surface area (Å²) in [4.78, 5) is 4.57. The van der Waals surface area contributed by atoms with Crippen molar-refractivity contribution in [2.75, 3.05) is 13.1 Å². The average molecular weight is 277 g/mol. The first kappa shape index (κ1) is 13.6. The fourth-order valence-corrected chi connectivity index (χ4v) is 2.59. The third kappa shape index (κ3) is 2.60. The van der Waals surface area contributed by atoms with E-state index in [2.05, 4.69) is 64.2 Å². The van der Waals surface area contributed by atoms with Crippen molar-refractivity contribution in [3.63, 3.8) is 0 Å². The molecule has 3 rings (SSSR count). The number of rotatable bonds is 4. The van der Waals surface area contributed by atoms with Gasteiger partial charge >= 0.3 is 0 Å². The molecule has 0 saturated heterocycles. The van der Waals surface area contributed by atoms with E-state index in [0.29, 0.717) is 13.1 Å². The van der Waals surface area contributed by atoms with Crippen LogP contribution in [-0.2, 0) is 0 Å². The molecular formula is C18H19N3. The Morgan fingerprint density at radius 1 is 1.05 bits per heavy atom. The van der Waals surface area contributed by atoms with Crippen molar-refractivity contribution in [3.05, 3.63) is 66.4 Å². The Kier molecular flexibility index (Phi) is 3.84. The molecule has 2 N–H and O–H groups in total. The van der Waals surface area contributed by atoms with Gasteiger partial charge in [-0.05, 0) is 31.2 Å². The van der Waals surface area contributed by atoms with E-state index in [4.69, 9.17) is 5.73 Å². The molecule has 0 aliphatic rings. The number of hydrogen-bond donors (Lipinski definition) is 1. The number of benzene rings is 2. The highest BCUT2D eigenvalue weighted by Gasteiger charge is 2.12. The fraction of sp³-hybridized carbons (Fsp3) is 0.167. The van der Waals surface area contributed by atoms with Crippen LogP contribution in [0.4, 0.5) is 0 Å². The lowest BCUT2D eigenvalue weighted by Crippen LogP contribution is -2.09. The van der Waals surface area contributed by atoms with Gasteiger partial charge in [-0.2, -0.15) is 0 Å². The third-order valence-electron chi connectivity index (χ3n) is 3.57. The van der Waals surface area contributed by atoms with Crippen molar-refractivity contribution in [2.45, 2.75) is 6.92 Å². The van der Waals surface area contributed by atoms with Gasteiger partial charge in [0.15, 0.2) is 0 Å². The molecule has 0 aliphatic carbocycles. The largest absolute Gasteiger partial charge is 0.329 e. The molecule has 0 radical (unpaired) electrons. The first-order chi connectivity index (χ1) is 10.3. The van der Waals surface area contributed by atoms with Gasteiger partial charge < -0.3 is 10.3 Å². The number of para-hydroxylation sites is 2.